The molecule has 0 radical (unpaired) electrons. The molecule has 2 unspecified atom stereocenters. The number of pyridine rings is 1. The molecule has 3 heterocycles. The average Bonchev–Trinajstić information content (AvgIpc) is 2.77. The molecule has 1 aromatic rings. The van der Waals surface area contributed by atoms with Crippen LogP contribution in [0.4, 0.5) is 5.69 Å². The Labute approximate surface area is 96.9 Å². The molecule has 3 heteroatoms. The van der Waals surface area contributed by atoms with Gasteiger partial charge in [-0.05, 0) is 44.4 Å². The van der Waals surface area contributed by atoms with E-state index in [1.807, 2.05) is 12.4 Å². The van der Waals surface area contributed by atoms with Crippen LogP contribution in [0.15, 0.2) is 24.5 Å². The van der Waals surface area contributed by atoms with Crippen molar-refractivity contribution in [3.05, 3.63) is 24.5 Å². The van der Waals surface area contributed by atoms with E-state index in [-0.39, 0.29) is 0 Å². The first kappa shape index (κ1) is 10.1. The van der Waals surface area contributed by atoms with E-state index in [0.29, 0.717) is 6.04 Å². The van der Waals surface area contributed by atoms with Crippen LogP contribution in [-0.4, -0.2) is 35.1 Å². The van der Waals surface area contributed by atoms with Crippen LogP contribution < -0.4 is 5.32 Å². The second kappa shape index (κ2) is 4.42. The van der Waals surface area contributed by atoms with E-state index < -0.39 is 0 Å². The average molecular weight is 217 g/mol. The molecule has 0 aromatic carbocycles. The Morgan fingerprint density at radius 2 is 2.06 bits per heavy atom. The van der Waals surface area contributed by atoms with Gasteiger partial charge in [-0.1, -0.05) is 0 Å². The number of nitrogens with one attached hydrogen (secondary N) is 1. The van der Waals surface area contributed by atoms with Gasteiger partial charge >= 0.3 is 0 Å². The largest absolute Gasteiger partial charge is 0.382 e. The maximum absolute atomic E-state index is 4.04. The number of anilines is 1. The van der Waals surface area contributed by atoms with Crippen molar-refractivity contribution in [2.24, 2.45) is 0 Å². The predicted molar refractivity (Wildman–Crippen MR) is 65.5 cm³/mol. The van der Waals surface area contributed by atoms with E-state index in [2.05, 4.69) is 27.3 Å². The highest BCUT2D eigenvalue weighted by molar-refractivity contribution is 5.41. The molecule has 0 aliphatic carbocycles. The van der Waals surface area contributed by atoms with E-state index in [0.717, 1.165) is 6.04 Å². The maximum atomic E-state index is 4.04. The summed E-state index contributed by atoms with van der Waals surface area (Å²) < 4.78 is 0. The van der Waals surface area contributed by atoms with E-state index in [4.69, 9.17) is 0 Å². The zero-order valence-electron chi connectivity index (χ0n) is 9.60. The number of fused-ring (bicyclic) bond motifs is 1. The lowest BCUT2D eigenvalue weighted by molar-refractivity contribution is 0.188. The second-order valence-electron chi connectivity index (χ2n) is 4.93. The molecule has 3 nitrogen and oxygen atoms in total. The molecular formula is C13H19N3. The number of hydrogen-bond acceptors (Lipinski definition) is 3. The minimum atomic E-state index is 0.654. The molecule has 0 spiro atoms. The van der Waals surface area contributed by atoms with Crippen molar-refractivity contribution in [3.63, 3.8) is 0 Å². The third-order valence-corrected chi connectivity index (χ3v) is 3.87. The summed E-state index contributed by atoms with van der Waals surface area (Å²) in [6.45, 7) is 2.60. The van der Waals surface area contributed by atoms with Crippen molar-refractivity contribution in [2.75, 3.05) is 18.4 Å². The first-order chi connectivity index (χ1) is 7.92. The normalized spacial score (nSPS) is 30.0. The minimum Gasteiger partial charge on any atom is -0.382 e. The van der Waals surface area contributed by atoms with Gasteiger partial charge in [0.05, 0.1) is 0 Å². The monoisotopic (exact) mass is 217 g/mol. The molecule has 2 aliphatic heterocycles. The topological polar surface area (TPSA) is 28.2 Å². The van der Waals surface area contributed by atoms with E-state index in [1.165, 1.54) is 44.5 Å². The smallest absolute Gasteiger partial charge is 0.0373 e. The van der Waals surface area contributed by atoms with Crippen LogP contribution in [0.5, 0.6) is 0 Å². The molecule has 2 aliphatic rings. The van der Waals surface area contributed by atoms with Crippen molar-refractivity contribution < 1.29 is 0 Å². The van der Waals surface area contributed by atoms with Crippen LogP contribution in [0.3, 0.4) is 0 Å². The summed E-state index contributed by atoms with van der Waals surface area (Å²) in [4.78, 5) is 6.70. The van der Waals surface area contributed by atoms with Crippen LogP contribution >= 0.6 is 0 Å². The lowest BCUT2D eigenvalue weighted by Gasteiger charge is -2.35. The van der Waals surface area contributed by atoms with Gasteiger partial charge in [-0.2, -0.15) is 0 Å². The van der Waals surface area contributed by atoms with Gasteiger partial charge in [0.1, 0.15) is 0 Å². The Morgan fingerprint density at radius 3 is 2.94 bits per heavy atom. The van der Waals surface area contributed by atoms with Gasteiger partial charge in [-0.25, -0.2) is 0 Å². The highest BCUT2D eigenvalue weighted by Crippen LogP contribution is 2.28. The molecule has 2 atom stereocenters. The number of aromatic nitrogens is 1. The number of hydrogen-bond donors (Lipinski definition) is 1. The van der Waals surface area contributed by atoms with E-state index in [9.17, 15) is 0 Å². The molecule has 2 saturated heterocycles. The third-order valence-electron chi connectivity index (χ3n) is 3.87. The highest BCUT2D eigenvalue weighted by atomic mass is 15.2. The molecule has 3 rings (SSSR count). The number of rotatable bonds is 2. The van der Waals surface area contributed by atoms with Gasteiger partial charge in [0, 0.05) is 36.7 Å². The summed E-state index contributed by atoms with van der Waals surface area (Å²) in [5.41, 5.74) is 1.21. The van der Waals surface area contributed by atoms with E-state index in [1.54, 1.807) is 0 Å². The van der Waals surface area contributed by atoms with Crippen molar-refractivity contribution in [1.29, 1.82) is 0 Å². The van der Waals surface area contributed by atoms with Crippen molar-refractivity contribution in [1.82, 2.24) is 9.88 Å². The quantitative estimate of drug-likeness (QED) is 0.822. The number of nitrogens with zero attached hydrogens (tertiary/aromatic N) is 2. The fraction of sp³-hybridized carbons (Fsp3) is 0.615. The van der Waals surface area contributed by atoms with Crippen LogP contribution in [0.2, 0.25) is 0 Å². The summed E-state index contributed by atoms with van der Waals surface area (Å²) in [7, 11) is 0. The fourth-order valence-corrected chi connectivity index (χ4v) is 3.04. The predicted octanol–water partition coefficient (Wildman–Crippen LogP) is 2.12. The summed E-state index contributed by atoms with van der Waals surface area (Å²) in [6.07, 6.45) is 9.09. The fourth-order valence-electron chi connectivity index (χ4n) is 3.04. The molecule has 86 valence electrons. The summed E-state index contributed by atoms with van der Waals surface area (Å²) >= 11 is 0. The SMILES string of the molecule is c1cc(NC2CCN3CCCC3C2)ccn1. The van der Waals surface area contributed by atoms with Gasteiger partial charge in [-0.15, -0.1) is 0 Å². The van der Waals surface area contributed by atoms with Crippen LogP contribution in [-0.2, 0) is 0 Å². The highest BCUT2D eigenvalue weighted by Gasteiger charge is 2.31. The summed E-state index contributed by atoms with van der Waals surface area (Å²) in [5.74, 6) is 0. The lowest BCUT2D eigenvalue weighted by atomic mass is 9.97. The molecule has 1 aromatic heterocycles. The van der Waals surface area contributed by atoms with Gasteiger partial charge < -0.3 is 10.2 Å². The Balaban J connectivity index is 1.60. The van der Waals surface area contributed by atoms with Crippen LogP contribution in [0.1, 0.15) is 25.7 Å². The Morgan fingerprint density at radius 1 is 1.19 bits per heavy atom. The molecule has 1 N–H and O–H groups in total. The Kier molecular flexibility index (Phi) is 2.79. The maximum Gasteiger partial charge on any atom is 0.0373 e. The first-order valence-corrected chi connectivity index (χ1v) is 6.32. The molecule has 0 bridgehead atoms. The first-order valence-electron chi connectivity index (χ1n) is 6.32. The molecule has 2 fully saturated rings. The van der Waals surface area contributed by atoms with Crippen molar-refractivity contribution >= 4 is 5.69 Å². The summed E-state index contributed by atoms with van der Waals surface area (Å²) in [5, 5.41) is 3.63. The van der Waals surface area contributed by atoms with E-state index >= 15 is 0 Å². The molecule has 0 amide bonds. The van der Waals surface area contributed by atoms with Crippen molar-refractivity contribution in [3.8, 4) is 0 Å². The lowest BCUT2D eigenvalue weighted by Crippen LogP contribution is -2.42. The van der Waals surface area contributed by atoms with Gasteiger partial charge in [0.15, 0.2) is 0 Å². The molecule has 0 saturated carbocycles. The van der Waals surface area contributed by atoms with Crippen molar-refractivity contribution in [2.45, 2.75) is 37.8 Å². The summed E-state index contributed by atoms with van der Waals surface area (Å²) in [6, 6.07) is 5.61. The van der Waals surface area contributed by atoms with Gasteiger partial charge in [0.2, 0.25) is 0 Å². The Hall–Kier alpha value is -1.09. The molecular weight excluding hydrogens is 198 g/mol. The third kappa shape index (κ3) is 2.05. The second-order valence-corrected chi connectivity index (χ2v) is 4.93. The number of piperidine rings is 1. The van der Waals surface area contributed by atoms with Crippen LogP contribution in [0.25, 0.3) is 0 Å². The Bertz CT molecular complexity index is 338. The van der Waals surface area contributed by atoms with Gasteiger partial charge in [0.25, 0.3) is 0 Å². The zero-order valence-corrected chi connectivity index (χ0v) is 9.60. The minimum absolute atomic E-state index is 0.654. The zero-order chi connectivity index (χ0) is 10.8. The standard InChI is InChI=1S/C13H19N3/c1-2-13-10-12(5-9-16(13)8-1)15-11-3-6-14-7-4-11/h3-4,6-7,12-13H,1-2,5,8-10H2,(H,14,15). The molecule has 16 heavy (non-hydrogen) atoms. The van der Waals surface area contributed by atoms with Gasteiger partial charge in [-0.3, -0.25) is 4.98 Å². The van der Waals surface area contributed by atoms with Crippen LogP contribution in [0, 0.1) is 0 Å².